The van der Waals surface area contributed by atoms with Gasteiger partial charge in [-0.3, -0.25) is 0 Å². The van der Waals surface area contributed by atoms with Crippen LogP contribution < -0.4 is 5.32 Å². The molecule has 0 bridgehead atoms. The highest BCUT2D eigenvalue weighted by atomic mass is 35.5. The lowest BCUT2D eigenvalue weighted by Gasteiger charge is -2.30. The highest BCUT2D eigenvalue weighted by Gasteiger charge is 2.21. The molecule has 0 spiro atoms. The van der Waals surface area contributed by atoms with E-state index in [4.69, 9.17) is 23.2 Å². The van der Waals surface area contributed by atoms with Crippen LogP contribution in [0.15, 0.2) is 6.07 Å². The summed E-state index contributed by atoms with van der Waals surface area (Å²) in [6.45, 7) is 12.2. The Balaban J connectivity index is 2.48. The van der Waals surface area contributed by atoms with Crippen molar-refractivity contribution < 1.29 is 0 Å². The van der Waals surface area contributed by atoms with Gasteiger partial charge in [-0.1, -0.05) is 37.0 Å². The van der Waals surface area contributed by atoms with Crippen molar-refractivity contribution in [1.29, 1.82) is 0 Å². The molecule has 18 heavy (non-hydrogen) atoms. The van der Waals surface area contributed by atoms with Gasteiger partial charge in [-0.15, -0.1) is 11.3 Å². The molecule has 0 aliphatic carbocycles. The van der Waals surface area contributed by atoms with Gasteiger partial charge in [0.05, 0.1) is 8.67 Å². The van der Waals surface area contributed by atoms with Gasteiger partial charge in [-0.25, -0.2) is 0 Å². The average molecular weight is 308 g/mol. The molecule has 0 saturated heterocycles. The molecule has 0 fully saturated rings. The van der Waals surface area contributed by atoms with E-state index in [1.54, 1.807) is 0 Å². The number of hydrogen-bond donors (Lipinski definition) is 1. The highest BCUT2D eigenvalue weighted by Crippen LogP contribution is 2.33. The lowest BCUT2D eigenvalue weighted by molar-refractivity contribution is 0.273. The Morgan fingerprint density at radius 2 is 1.78 bits per heavy atom. The maximum absolute atomic E-state index is 6.14. The second kappa shape index (κ2) is 6.13. The Morgan fingerprint density at radius 1 is 1.17 bits per heavy atom. The summed E-state index contributed by atoms with van der Waals surface area (Å²) in [6, 6.07) is 1.99. The van der Waals surface area contributed by atoms with Gasteiger partial charge in [-0.05, 0) is 50.7 Å². The molecule has 104 valence electrons. The van der Waals surface area contributed by atoms with Crippen molar-refractivity contribution in [3.05, 3.63) is 20.3 Å². The van der Waals surface area contributed by atoms with Crippen LogP contribution >= 0.6 is 34.5 Å². The molecule has 4 heteroatoms. The maximum atomic E-state index is 6.14. The molecule has 0 unspecified atom stereocenters. The lowest BCUT2D eigenvalue weighted by atomic mass is 9.86. The SMILES string of the molecule is CC(C)(CCc1cc(Cl)sc1Cl)CNC(C)(C)C. The topological polar surface area (TPSA) is 12.0 Å². The van der Waals surface area contributed by atoms with Gasteiger partial charge in [0.1, 0.15) is 0 Å². The van der Waals surface area contributed by atoms with E-state index in [0.29, 0.717) is 0 Å². The van der Waals surface area contributed by atoms with Crippen LogP contribution in [0.1, 0.15) is 46.6 Å². The first kappa shape index (κ1) is 16.3. The molecule has 1 heterocycles. The number of halogens is 2. The number of rotatable bonds is 5. The normalized spacial score (nSPS) is 13.1. The van der Waals surface area contributed by atoms with Gasteiger partial charge in [0.2, 0.25) is 0 Å². The second-order valence-corrected chi connectivity index (χ2v) is 8.90. The predicted molar refractivity (Wildman–Crippen MR) is 84.2 cm³/mol. The Morgan fingerprint density at radius 3 is 2.22 bits per heavy atom. The number of nitrogens with one attached hydrogen (secondary N) is 1. The first-order chi connectivity index (χ1) is 8.09. The summed E-state index contributed by atoms with van der Waals surface area (Å²) in [5, 5.41) is 3.56. The van der Waals surface area contributed by atoms with E-state index in [1.165, 1.54) is 16.9 Å². The summed E-state index contributed by atoms with van der Waals surface area (Å²) in [7, 11) is 0. The molecule has 1 nitrogen and oxygen atoms in total. The molecular weight excluding hydrogens is 285 g/mol. The first-order valence-corrected chi connectivity index (χ1v) is 7.85. The quantitative estimate of drug-likeness (QED) is 0.767. The fourth-order valence-corrected chi connectivity index (χ4v) is 3.16. The van der Waals surface area contributed by atoms with Crippen LogP contribution in [-0.4, -0.2) is 12.1 Å². The van der Waals surface area contributed by atoms with Crippen LogP contribution in [0.2, 0.25) is 8.67 Å². The van der Waals surface area contributed by atoms with E-state index >= 15 is 0 Å². The van der Waals surface area contributed by atoms with E-state index in [-0.39, 0.29) is 11.0 Å². The number of hydrogen-bond acceptors (Lipinski definition) is 2. The molecule has 1 aromatic rings. The Kier molecular flexibility index (Phi) is 5.55. The van der Waals surface area contributed by atoms with E-state index in [0.717, 1.165) is 28.1 Å². The third-order valence-electron chi connectivity index (χ3n) is 2.90. The minimum Gasteiger partial charge on any atom is -0.312 e. The smallest absolute Gasteiger partial charge is 0.0976 e. The van der Waals surface area contributed by atoms with Gasteiger partial charge in [-0.2, -0.15) is 0 Å². The summed E-state index contributed by atoms with van der Waals surface area (Å²) in [6.07, 6.45) is 2.09. The standard InChI is InChI=1S/C14H23Cl2NS/c1-13(2,3)17-9-14(4,5)7-6-10-8-11(15)18-12(10)16/h8,17H,6-7,9H2,1-5H3. The van der Waals surface area contributed by atoms with E-state index < -0.39 is 0 Å². The van der Waals surface area contributed by atoms with E-state index in [2.05, 4.69) is 39.9 Å². The highest BCUT2D eigenvalue weighted by molar-refractivity contribution is 7.20. The molecule has 0 aliphatic heterocycles. The molecule has 0 aromatic carbocycles. The van der Waals surface area contributed by atoms with E-state index in [9.17, 15) is 0 Å². The zero-order valence-electron chi connectivity index (χ0n) is 11.9. The zero-order chi connectivity index (χ0) is 14.0. The second-order valence-electron chi connectivity index (χ2n) is 6.62. The van der Waals surface area contributed by atoms with Crippen molar-refractivity contribution in [3.8, 4) is 0 Å². The molecular formula is C14H23Cl2NS. The molecule has 0 amide bonds. The molecule has 0 aliphatic rings. The van der Waals surface area contributed by atoms with Crippen molar-refractivity contribution in [2.45, 2.75) is 53.0 Å². The van der Waals surface area contributed by atoms with Gasteiger partial charge >= 0.3 is 0 Å². The Bertz CT molecular complexity index is 391. The molecule has 1 N–H and O–H groups in total. The van der Waals surface area contributed by atoms with E-state index in [1.807, 2.05) is 6.07 Å². The fourth-order valence-electron chi connectivity index (χ4n) is 1.61. The number of aryl methyl sites for hydroxylation is 1. The van der Waals surface area contributed by atoms with Crippen molar-refractivity contribution >= 4 is 34.5 Å². The molecule has 0 radical (unpaired) electrons. The summed E-state index contributed by atoms with van der Waals surface area (Å²) in [5.74, 6) is 0. The van der Waals surface area contributed by atoms with Crippen LogP contribution in [0.3, 0.4) is 0 Å². The lowest BCUT2D eigenvalue weighted by Crippen LogP contribution is -2.42. The summed E-state index contributed by atoms with van der Waals surface area (Å²) >= 11 is 13.6. The molecule has 0 saturated carbocycles. The Hall–Kier alpha value is 0.240. The summed E-state index contributed by atoms with van der Waals surface area (Å²) < 4.78 is 1.61. The predicted octanol–water partition coefficient (Wildman–Crippen LogP) is 5.40. The van der Waals surface area contributed by atoms with Crippen LogP contribution in [0.4, 0.5) is 0 Å². The van der Waals surface area contributed by atoms with Gasteiger partial charge in [0.15, 0.2) is 0 Å². The molecule has 0 atom stereocenters. The van der Waals surface area contributed by atoms with Crippen LogP contribution in [-0.2, 0) is 6.42 Å². The Labute approximate surface area is 125 Å². The minimum absolute atomic E-state index is 0.167. The van der Waals surface area contributed by atoms with Crippen LogP contribution in [0, 0.1) is 5.41 Å². The van der Waals surface area contributed by atoms with Gasteiger partial charge in [0.25, 0.3) is 0 Å². The van der Waals surface area contributed by atoms with Crippen LogP contribution in [0.25, 0.3) is 0 Å². The minimum atomic E-state index is 0.167. The number of thiophene rings is 1. The summed E-state index contributed by atoms with van der Waals surface area (Å²) in [5.41, 5.74) is 1.60. The monoisotopic (exact) mass is 307 g/mol. The largest absolute Gasteiger partial charge is 0.312 e. The molecule has 1 aromatic heterocycles. The van der Waals surface area contributed by atoms with Crippen molar-refractivity contribution in [3.63, 3.8) is 0 Å². The van der Waals surface area contributed by atoms with Crippen molar-refractivity contribution in [2.75, 3.05) is 6.54 Å². The molecule has 1 rings (SSSR count). The average Bonchev–Trinajstić information content (AvgIpc) is 2.51. The van der Waals surface area contributed by atoms with Gasteiger partial charge < -0.3 is 5.32 Å². The third-order valence-corrected chi connectivity index (χ3v) is 4.46. The summed E-state index contributed by atoms with van der Waals surface area (Å²) in [4.78, 5) is 0. The van der Waals surface area contributed by atoms with Crippen molar-refractivity contribution in [2.24, 2.45) is 5.41 Å². The van der Waals surface area contributed by atoms with Crippen molar-refractivity contribution in [1.82, 2.24) is 5.32 Å². The van der Waals surface area contributed by atoms with Crippen LogP contribution in [0.5, 0.6) is 0 Å². The maximum Gasteiger partial charge on any atom is 0.0976 e. The van der Waals surface area contributed by atoms with Gasteiger partial charge in [0, 0.05) is 12.1 Å². The third kappa shape index (κ3) is 5.92. The fraction of sp³-hybridized carbons (Fsp3) is 0.714. The first-order valence-electron chi connectivity index (χ1n) is 6.28. The zero-order valence-corrected chi connectivity index (χ0v) is 14.2.